The fraction of sp³-hybridized carbons (Fsp3) is 0.211. The van der Waals surface area contributed by atoms with Gasteiger partial charge in [0.05, 0.1) is 7.14 Å². The highest BCUT2D eigenvalue weighted by Gasteiger charge is 2.26. The van der Waals surface area contributed by atoms with Crippen LogP contribution < -0.4 is 0 Å². The van der Waals surface area contributed by atoms with Crippen LogP contribution in [0.3, 0.4) is 0 Å². The zero-order valence-electron chi connectivity index (χ0n) is 13.2. The molecule has 3 rings (SSSR count). The molecule has 3 nitrogen and oxygen atoms in total. The molecule has 2 unspecified atom stereocenters. The van der Waals surface area contributed by atoms with Gasteiger partial charge in [0.1, 0.15) is 17.1 Å². The van der Waals surface area contributed by atoms with E-state index in [9.17, 15) is 9.90 Å². The normalized spacial score (nSPS) is 13.8. The van der Waals surface area contributed by atoms with Crippen LogP contribution in [0.1, 0.15) is 35.9 Å². The summed E-state index contributed by atoms with van der Waals surface area (Å²) in [7, 11) is 0. The number of carbonyl (C=O) groups excluding carboxylic acids is 1. The summed E-state index contributed by atoms with van der Waals surface area (Å²) in [6.45, 7) is 3.93. The van der Waals surface area contributed by atoms with Gasteiger partial charge in [0.15, 0.2) is 5.78 Å². The van der Waals surface area contributed by atoms with Crippen LogP contribution in [-0.4, -0.2) is 10.9 Å². The van der Waals surface area contributed by atoms with Crippen molar-refractivity contribution in [2.24, 2.45) is 5.92 Å². The average molecular weight is 546 g/mol. The number of hydrogen-bond acceptors (Lipinski definition) is 3. The van der Waals surface area contributed by atoms with E-state index in [1.54, 1.807) is 12.1 Å². The number of para-hydroxylation sites is 1. The van der Waals surface area contributed by atoms with E-state index in [2.05, 4.69) is 0 Å². The molecular formula is C19H16I2O3. The van der Waals surface area contributed by atoms with Crippen LogP contribution in [0.4, 0.5) is 0 Å². The molecule has 1 aromatic heterocycles. The van der Waals surface area contributed by atoms with Gasteiger partial charge in [-0.25, -0.2) is 0 Å². The summed E-state index contributed by atoms with van der Waals surface area (Å²) in [5.41, 5.74) is 1.46. The van der Waals surface area contributed by atoms with E-state index in [4.69, 9.17) is 4.42 Å². The molecule has 1 heterocycles. The van der Waals surface area contributed by atoms with Gasteiger partial charge >= 0.3 is 0 Å². The first kappa shape index (κ1) is 17.7. The lowest BCUT2D eigenvalue weighted by Gasteiger charge is -2.17. The molecule has 0 radical (unpaired) electrons. The molecular weight excluding hydrogens is 530 g/mol. The highest BCUT2D eigenvalue weighted by atomic mass is 127. The maximum absolute atomic E-state index is 12.9. The number of halogens is 2. The van der Waals surface area contributed by atoms with Gasteiger partial charge in [-0.1, -0.05) is 32.0 Å². The van der Waals surface area contributed by atoms with Crippen molar-refractivity contribution in [2.45, 2.75) is 19.8 Å². The molecule has 2 atom stereocenters. The lowest BCUT2D eigenvalue weighted by atomic mass is 9.87. The fourth-order valence-corrected chi connectivity index (χ4v) is 4.44. The Morgan fingerprint density at radius 3 is 2.33 bits per heavy atom. The van der Waals surface area contributed by atoms with Crippen molar-refractivity contribution >= 4 is 61.9 Å². The number of ketones is 1. The van der Waals surface area contributed by atoms with Gasteiger partial charge in [-0.2, -0.15) is 0 Å². The largest absolute Gasteiger partial charge is 0.506 e. The Labute approximate surface area is 167 Å². The third-order valence-electron chi connectivity index (χ3n) is 4.36. The van der Waals surface area contributed by atoms with Crippen molar-refractivity contribution in [3.05, 3.63) is 60.9 Å². The molecule has 0 spiro atoms. The minimum Gasteiger partial charge on any atom is -0.506 e. The number of benzene rings is 2. The second kappa shape index (κ2) is 7.03. The van der Waals surface area contributed by atoms with E-state index >= 15 is 0 Å². The Kier molecular flexibility index (Phi) is 5.19. The third kappa shape index (κ3) is 3.33. The SMILES string of the molecule is CC(C(=O)c1cc(I)c(O)c(I)c1)C(C)c1cc2ccccc2o1. The Morgan fingerprint density at radius 1 is 1.08 bits per heavy atom. The second-order valence-corrected chi connectivity index (χ2v) is 8.24. The zero-order chi connectivity index (χ0) is 17.4. The van der Waals surface area contributed by atoms with Crippen molar-refractivity contribution in [3.8, 4) is 5.75 Å². The summed E-state index contributed by atoms with van der Waals surface area (Å²) >= 11 is 4.09. The van der Waals surface area contributed by atoms with E-state index in [1.807, 2.05) is 89.4 Å². The predicted octanol–water partition coefficient (Wildman–Crippen LogP) is 5.97. The first-order valence-electron chi connectivity index (χ1n) is 7.59. The van der Waals surface area contributed by atoms with E-state index in [0.717, 1.165) is 16.7 Å². The maximum atomic E-state index is 12.9. The summed E-state index contributed by atoms with van der Waals surface area (Å²) in [5, 5.41) is 10.9. The number of aromatic hydroxyl groups is 1. The molecule has 0 saturated carbocycles. The summed E-state index contributed by atoms with van der Waals surface area (Å²) in [4.78, 5) is 12.9. The van der Waals surface area contributed by atoms with Gasteiger partial charge in [-0.3, -0.25) is 4.79 Å². The number of furan rings is 1. The van der Waals surface area contributed by atoms with Crippen LogP contribution in [-0.2, 0) is 0 Å². The van der Waals surface area contributed by atoms with Crippen LogP contribution in [0.2, 0.25) is 0 Å². The van der Waals surface area contributed by atoms with E-state index < -0.39 is 0 Å². The van der Waals surface area contributed by atoms with Crippen molar-refractivity contribution < 1.29 is 14.3 Å². The number of rotatable bonds is 4. The van der Waals surface area contributed by atoms with Crippen LogP contribution >= 0.6 is 45.2 Å². The number of fused-ring (bicyclic) bond motifs is 1. The molecule has 24 heavy (non-hydrogen) atoms. The van der Waals surface area contributed by atoms with Crippen molar-refractivity contribution in [1.82, 2.24) is 0 Å². The smallest absolute Gasteiger partial charge is 0.166 e. The summed E-state index contributed by atoms with van der Waals surface area (Å²) in [5.74, 6) is 0.848. The van der Waals surface area contributed by atoms with E-state index in [1.165, 1.54) is 0 Å². The number of carbonyl (C=O) groups is 1. The Bertz CT molecular complexity index is 858. The van der Waals surface area contributed by atoms with E-state index in [-0.39, 0.29) is 23.4 Å². The quantitative estimate of drug-likeness (QED) is 0.324. The van der Waals surface area contributed by atoms with Crippen molar-refractivity contribution in [2.75, 3.05) is 0 Å². The molecule has 1 N–H and O–H groups in total. The molecule has 2 aromatic carbocycles. The molecule has 0 fully saturated rings. The molecule has 0 saturated heterocycles. The first-order valence-corrected chi connectivity index (χ1v) is 9.75. The maximum Gasteiger partial charge on any atom is 0.166 e. The molecule has 0 bridgehead atoms. The van der Waals surface area contributed by atoms with Gasteiger partial charge < -0.3 is 9.52 Å². The summed E-state index contributed by atoms with van der Waals surface area (Å²) in [6, 6.07) is 13.3. The molecule has 5 heteroatoms. The van der Waals surface area contributed by atoms with Crippen LogP contribution in [0.15, 0.2) is 46.9 Å². The Hall–Kier alpha value is -1.09. The number of phenols is 1. The Morgan fingerprint density at radius 2 is 1.71 bits per heavy atom. The number of Topliss-reactive ketones (excluding diaryl/α,β-unsaturated/α-hetero) is 1. The van der Waals surface area contributed by atoms with Gasteiger partial charge in [-0.05, 0) is 69.4 Å². The van der Waals surface area contributed by atoms with Gasteiger partial charge in [0, 0.05) is 22.8 Å². The van der Waals surface area contributed by atoms with E-state index in [0.29, 0.717) is 12.7 Å². The van der Waals surface area contributed by atoms with Crippen molar-refractivity contribution in [1.29, 1.82) is 0 Å². The van der Waals surface area contributed by atoms with Crippen LogP contribution in [0.25, 0.3) is 11.0 Å². The minimum atomic E-state index is -0.221. The van der Waals surface area contributed by atoms with Gasteiger partial charge in [0.2, 0.25) is 0 Å². The minimum absolute atomic E-state index is 0.0333. The standard InChI is InChI=1S/C19H16I2O3/c1-10(17-9-12-5-3-4-6-16(12)24-17)11(2)18(22)13-7-14(20)19(23)15(21)8-13/h3-11,23H,1-2H3. The number of hydrogen-bond donors (Lipinski definition) is 1. The van der Waals surface area contributed by atoms with Gasteiger partial charge in [0.25, 0.3) is 0 Å². The number of phenolic OH excluding ortho intramolecular Hbond substituents is 1. The predicted molar refractivity (Wildman–Crippen MR) is 112 cm³/mol. The monoisotopic (exact) mass is 546 g/mol. The topological polar surface area (TPSA) is 50.4 Å². The molecule has 124 valence electrons. The second-order valence-electron chi connectivity index (χ2n) is 5.92. The highest BCUT2D eigenvalue weighted by molar-refractivity contribution is 14.1. The molecule has 0 aliphatic heterocycles. The lowest BCUT2D eigenvalue weighted by molar-refractivity contribution is 0.0910. The summed E-state index contributed by atoms with van der Waals surface area (Å²) < 4.78 is 7.28. The molecule has 3 aromatic rings. The third-order valence-corrected chi connectivity index (χ3v) is 6.00. The molecule has 0 aliphatic carbocycles. The Balaban J connectivity index is 1.89. The average Bonchev–Trinajstić information content (AvgIpc) is 3.01. The van der Waals surface area contributed by atoms with Gasteiger partial charge in [-0.15, -0.1) is 0 Å². The lowest BCUT2D eigenvalue weighted by Crippen LogP contribution is -2.18. The molecule has 0 amide bonds. The van der Waals surface area contributed by atoms with Crippen LogP contribution in [0, 0.1) is 13.1 Å². The highest BCUT2D eigenvalue weighted by Crippen LogP contribution is 2.33. The first-order chi connectivity index (χ1) is 11.4. The summed E-state index contributed by atoms with van der Waals surface area (Å²) in [6.07, 6.45) is 0. The fourth-order valence-electron chi connectivity index (χ4n) is 2.67. The van der Waals surface area contributed by atoms with Crippen LogP contribution in [0.5, 0.6) is 5.75 Å². The molecule has 0 aliphatic rings. The van der Waals surface area contributed by atoms with Crippen molar-refractivity contribution in [3.63, 3.8) is 0 Å². The zero-order valence-corrected chi connectivity index (χ0v) is 17.5.